The first-order valence-corrected chi connectivity index (χ1v) is 9.25. The van der Waals surface area contributed by atoms with Crippen molar-refractivity contribution >= 4 is 10.0 Å². The van der Waals surface area contributed by atoms with Crippen LogP contribution in [0.4, 0.5) is 0 Å². The van der Waals surface area contributed by atoms with Crippen molar-refractivity contribution in [2.24, 2.45) is 5.92 Å². The van der Waals surface area contributed by atoms with Crippen LogP contribution in [-0.2, 0) is 10.0 Å². The Bertz CT molecular complexity index is 760. The number of tetrazole rings is 1. The molecule has 0 unspecified atom stereocenters. The van der Waals surface area contributed by atoms with Crippen LogP contribution in [0.15, 0.2) is 35.5 Å². The van der Waals surface area contributed by atoms with Crippen LogP contribution in [0, 0.1) is 5.92 Å². The Labute approximate surface area is 136 Å². The summed E-state index contributed by atoms with van der Waals surface area (Å²) in [5.74, 6) is 0.381. The molecule has 0 aliphatic heterocycles. The van der Waals surface area contributed by atoms with E-state index in [1.54, 1.807) is 31.3 Å². The van der Waals surface area contributed by atoms with Gasteiger partial charge in [-0.1, -0.05) is 25.8 Å². The number of nitrogens with zero attached hydrogens (tertiary/aromatic N) is 5. The van der Waals surface area contributed by atoms with E-state index in [0.717, 1.165) is 19.3 Å². The molecule has 1 heterocycles. The smallest absolute Gasteiger partial charge is 0.207 e. The van der Waals surface area contributed by atoms with Gasteiger partial charge in [-0.2, -0.15) is 4.31 Å². The lowest BCUT2D eigenvalue weighted by atomic mass is 9.86. The Morgan fingerprint density at radius 2 is 2.04 bits per heavy atom. The molecule has 1 aliphatic carbocycles. The molecule has 1 aromatic heterocycles. The van der Waals surface area contributed by atoms with E-state index in [1.807, 2.05) is 0 Å². The van der Waals surface area contributed by atoms with Crippen LogP contribution in [0.1, 0.15) is 32.6 Å². The van der Waals surface area contributed by atoms with Gasteiger partial charge in [-0.25, -0.2) is 13.1 Å². The van der Waals surface area contributed by atoms with Gasteiger partial charge in [0.25, 0.3) is 0 Å². The fourth-order valence-electron chi connectivity index (χ4n) is 3.25. The minimum absolute atomic E-state index is 0.0606. The molecule has 7 nitrogen and oxygen atoms in total. The molecular formula is C15H21N5O2S. The number of aromatic nitrogens is 4. The van der Waals surface area contributed by atoms with Crippen LogP contribution in [0.5, 0.6) is 0 Å². The molecule has 8 heteroatoms. The van der Waals surface area contributed by atoms with Gasteiger partial charge in [0, 0.05) is 13.1 Å². The van der Waals surface area contributed by atoms with Gasteiger partial charge >= 0.3 is 0 Å². The second-order valence-corrected chi connectivity index (χ2v) is 8.10. The molecule has 3 rings (SSSR count). The topological polar surface area (TPSA) is 81.0 Å². The molecule has 1 aromatic carbocycles. The quantitative estimate of drug-likeness (QED) is 0.852. The first kappa shape index (κ1) is 16.1. The van der Waals surface area contributed by atoms with E-state index in [4.69, 9.17) is 0 Å². The van der Waals surface area contributed by atoms with Gasteiger partial charge in [-0.3, -0.25) is 0 Å². The van der Waals surface area contributed by atoms with Gasteiger partial charge in [0.1, 0.15) is 6.33 Å². The number of benzene rings is 1. The second kappa shape index (κ2) is 6.37. The van der Waals surface area contributed by atoms with E-state index in [2.05, 4.69) is 22.4 Å². The maximum Gasteiger partial charge on any atom is 0.243 e. The summed E-state index contributed by atoms with van der Waals surface area (Å²) >= 11 is 0. The molecule has 1 saturated carbocycles. The van der Waals surface area contributed by atoms with E-state index in [9.17, 15) is 8.42 Å². The first-order valence-electron chi connectivity index (χ1n) is 7.81. The first-order chi connectivity index (χ1) is 11.0. The third kappa shape index (κ3) is 3.13. The van der Waals surface area contributed by atoms with Crippen LogP contribution >= 0.6 is 0 Å². The SMILES string of the molecule is C[C@H]1CCCC[C@H]1N(C)S(=O)(=O)c1cccc(-n2cnnn2)c1. The summed E-state index contributed by atoms with van der Waals surface area (Å²) in [6, 6.07) is 6.77. The molecule has 1 fully saturated rings. The minimum atomic E-state index is -3.53. The normalized spacial score (nSPS) is 22.4. The Balaban J connectivity index is 1.91. The van der Waals surface area contributed by atoms with E-state index in [-0.39, 0.29) is 10.9 Å². The molecule has 1 aliphatic rings. The summed E-state index contributed by atoms with van der Waals surface area (Å²) in [5.41, 5.74) is 0.626. The van der Waals surface area contributed by atoms with Gasteiger partial charge < -0.3 is 0 Å². The molecule has 0 radical (unpaired) electrons. The molecule has 2 aromatic rings. The molecule has 23 heavy (non-hydrogen) atoms. The van der Waals surface area contributed by atoms with Crippen LogP contribution in [0.2, 0.25) is 0 Å². The van der Waals surface area contributed by atoms with Gasteiger partial charge in [-0.05, 0) is 47.4 Å². The second-order valence-electron chi connectivity index (χ2n) is 6.10. The Morgan fingerprint density at radius 3 is 2.74 bits per heavy atom. The predicted octanol–water partition coefficient (Wildman–Crippen LogP) is 1.86. The van der Waals surface area contributed by atoms with Gasteiger partial charge in [0.05, 0.1) is 10.6 Å². The van der Waals surface area contributed by atoms with Crippen molar-refractivity contribution in [3.63, 3.8) is 0 Å². The number of rotatable bonds is 4. The molecule has 2 atom stereocenters. The van der Waals surface area contributed by atoms with Crippen molar-refractivity contribution in [3.05, 3.63) is 30.6 Å². The van der Waals surface area contributed by atoms with Crippen LogP contribution < -0.4 is 0 Å². The summed E-state index contributed by atoms with van der Waals surface area (Å²) in [6.45, 7) is 2.13. The highest BCUT2D eigenvalue weighted by atomic mass is 32.2. The summed E-state index contributed by atoms with van der Waals surface area (Å²) in [5, 5.41) is 11.0. The van der Waals surface area contributed by atoms with Crippen molar-refractivity contribution in [1.82, 2.24) is 24.5 Å². The third-order valence-electron chi connectivity index (χ3n) is 4.64. The molecular weight excluding hydrogens is 314 g/mol. The molecule has 0 bridgehead atoms. The third-order valence-corrected chi connectivity index (χ3v) is 6.52. The fourth-order valence-corrected chi connectivity index (χ4v) is 4.77. The maximum absolute atomic E-state index is 13.0. The van der Waals surface area contributed by atoms with Crippen LogP contribution in [0.25, 0.3) is 5.69 Å². The lowest BCUT2D eigenvalue weighted by Crippen LogP contribution is -2.42. The molecule has 124 valence electrons. The zero-order valence-corrected chi connectivity index (χ0v) is 14.1. The Kier molecular flexibility index (Phi) is 4.45. The molecule has 0 saturated heterocycles. The molecule has 0 spiro atoms. The predicted molar refractivity (Wildman–Crippen MR) is 85.5 cm³/mol. The van der Waals surface area contributed by atoms with E-state index >= 15 is 0 Å². The van der Waals surface area contributed by atoms with Crippen molar-refractivity contribution in [2.75, 3.05) is 7.05 Å². The van der Waals surface area contributed by atoms with Gasteiger partial charge in [0.2, 0.25) is 10.0 Å². The Hall–Kier alpha value is -1.80. The van der Waals surface area contributed by atoms with Crippen molar-refractivity contribution in [3.8, 4) is 5.69 Å². The average Bonchev–Trinajstić information content (AvgIpc) is 3.09. The minimum Gasteiger partial charge on any atom is -0.207 e. The van der Waals surface area contributed by atoms with Crippen molar-refractivity contribution in [2.45, 2.75) is 43.5 Å². The highest BCUT2D eigenvalue weighted by Gasteiger charge is 2.33. The highest BCUT2D eigenvalue weighted by Crippen LogP contribution is 2.31. The van der Waals surface area contributed by atoms with E-state index in [1.165, 1.54) is 21.7 Å². The largest absolute Gasteiger partial charge is 0.243 e. The maximum atomic E-state index is 13.0. The standard InChI is InChI=1S/C15H21N5O2S/c1-12-6-3-4-9-15(12)19(2)23(21,22)14-8-5-7-13(10-14)20-11-16-17-18-20/h5,7-8,10-12,15H,3-4,6,9H2,1-2H3/t12-,15+/m0/s1. The van der Waals surface area contributed by atoms with Gasteiger partial charge in [-0.15, -0.1) is 5.10 Å². The van der Waals surface area contributed by atoms with E-state index in [0.29, 0.717) is 11.6 Å². The number of hydrogen-bond acceptors (Lipinski definition) is 5. The lowest BCUT2D eigenvalue weighted by Gasteiger charge is -2.35. The van der Waals surface area contributed by atoms with Crippen LogP contribution in [-0.4, -0.2) is 46.0 Å². The van der Waals surface area contributed by atoms with E-state index < -0.39 is 10.0 Å². The van der Waals surface area contributed by atoms with Crippen molar-refractivity contribution < 1.29 is 8.42 Å². The monoisotopic (exact) mass is 335 g/mol. The summed E-state index contributed by atoms with van der Waals surface area (Å²) in [4.78, 5) is 0.269. The summed E-state index contributed by atoms with van der Waals surface area (Å²) < 4.78 is 28.9. The summed E-state index contributed by atoms with van der Waals surface area (Å²) in [6.07, 6.45) is 5.71. The Morgan fingerprint density at radius 1 is 1.26 bits per heavy atom. The fraction of sp³-hybridized carbons (Fsp3) is 0.533. The molecule has 0 amide bonds. The average molecular weight is 335 g/mol. The number of hydrogen-bond donors (Lipinski definition) is 0. The zero-order chi connectivity index (χ0) is 16.4. The molecule has 0 N–H and O–H groups in total. The summed E-state index contributed by atoms with van der Waals surface area (Å²) in [7, 11) is -1.85. The lowest BCUT2D eigenvalue weighted by molar-refractivity contribution is 0.213. The van der Waals surface area contributed by atoms with Crippen LogP contribution in [0.3, 0.4) is 0 Å². The zero-order valence-electron chi connectivity index (χ0n) is 13.3. The van der Waals surface area contributed by atoms with Gasteiger partial charge in [0.15, 0.2) is 0 Å². The van der Waals surface area contributed by atoms with Crippen molar-refractivity contribution in [1.29, 1.82) is 0 Å². The highest BCUT2D eigenvalue weighted by molar-refractivity contribution is 7.89. The number of sulfonamides is 1.